The molecule has 4 nitrogen and oxygen atoms in total. The molecule has 0 aromatic carbocycles. The molecule has 0 aliphatic heterocycles. The Hall–Kier alpha value is -1.50. The summed E-state index contributed by atoms with van der Waals surface area (Å²) in [7, 11) is 4.97. The summed E-state index contributed by atoms with van der Waals surface area (Å²) in [6.45, 7) is 10.2. The molecular weight excluding hydrogens is 311 g/mol. The van der Waals surface area contributed by atoms with Gasteiger partial charge in [0, 0.05) is 25.9 Å². The topological polar surface area (TPSA) is 37.7 Å². The van der Waals surface area contributed by atoms with Crippen LogP contribution in [0.15, 0.2) is 17.3 Å². The van der Waals surface area contributed by atoms with Gasteiger partial charge in [-0.25, -0.2) is 18.8 Å². The maximum atomic E-state index is 13.4. The van der Waals surface area contributed by atoms with Crippen LogP contribution in [0, 0.1) is 5.41 Å². The lowest BCUT2D eigenvalue weighted by Crippen LogP contribution is -2.44. The number of rotatable bonds is 8. The molecule has 0 aliphatic carbocycles. The third kappa shape index (κ3) is 5.26. The van der Waals surface area contributed by atoms with Crippen molar-refractivity contribution in [2.24, 2.45) is 10.4 Å². The number of pyridine rings is 1. The molecule has 0 N–H and O–H groups in total. The van der Waals surface area contributed by atoms with Crippen molar-refractivity contribution in [3.63, 3.8) is 0 Å². The summed E-state index contributed by atoms with van der Waals surface area (Å²) in [5, 5.41) is 0. The molecular formula is C17H27BF2N3O. The molecule has 1 radical (unpaired) electrons. The lowest BCUT2D eigenvalue weighted by molar-refractivity contribution is -0.00938. The molecule has 1 heterocycles. The fraction of sp³-hybridized carbons (Fsp3) is 0.647. The zero-order chi connectivity index (χ0) is 18.5. The van der Waals surface area contributed by atoms with Gasteiger partial charge in [0.25, 0.3) is 6.43 Å². The van der Waals surface area contributed by atoms with Gasteiger partial charge in [0.2, 0.25) is 0 Å². The van der Waals surface area contributed by atoms with E-state index in [1.165, 1.54) is 26.1 Å². The number of aliphatic imine (C=N–C) groups is 1. The summed E-state index contributed by atoms with van der Waals surface area (Å²) in [6, 6.07) is 1.29. The van der Waals surface area contributed by atoms with E-state index in [1.807, 2.05) is 13.8 Å². The predicted molar refractivity (Wildman–Crippen MR) is 95.7 cm³/mol. The van der Waals surface area contributed by atoms with Crippen LogP contribution < -0.4 is 5.46 Å². The molecule has 1 rings (SSSR count). The van der Waals surface area contributed by atoms with Gasteiger partial charge in [0.1, 0.15) is 0 Å². The molecule has 1 aromatic heterocycles. The summed E-state index contributed by atoms with van der Waals surface area (Å²) in [4.78, 5) is 9.87. The smallest absolute Gasteiger partial charge is 0.332 e. The molecule has 0 unspecified atom stereocenters. The maximum absolute atomic E-state index is 13.4. The SMILES string of the molecule is CCC(C)(C)C(C)(C)O[B]c1cnc(N=CN(C)C)cc1C(F)F. The van der Waals surface area contributed by atoms with Gasteiger partial charge in [-0.2, -0.15) is 0 Å². The van der Waals surface area contributed by atoms with Crippen LogP contribution in [0.1, 0.15) is 53.0 Å². The van der Waals surface area contributed by atoms with E-state index in [1.54, 1.807) is 19.0 Å². The highest BCUT2D eigenvalue weighted by molar-refractivity contribution is 6.47. The van der Waals surface area contributed by atoms with Crippen molar-refractivity contribution >= 4 is 25.1 Å². The molecule has 0 saturated carbocycles. The van der Waals surface area contributed by atoms with Gasteiger partial charge in [-0.3, -0.25) is 0 Å². The molecule has 1 aromatic rings. The predicted octanol–water partition coefficient (Wildman–Crippen LogP) is 3.72. The van der Waals surface area contributed by atoms with E-state index >= 15 is 0 Å². The number of aromatic nitrogens is 1. The zero-order valence-corrected chi connectivity index (χ0v) is 15.6. The van der Waals surface area contributed by atoms with Crippen LogP contribution in [-0.2, 0) is 4.65 Å². The Balaban J connectivity index is 3.00. The third-order valence-corrected chi connectivity index (χ3v) is 4.60. The monoisotopic (exact) mass is 338 g/mol. The third-order valence-electron chi connectivity index (χ3n) is 4.60. The van der Waals surface area contributed by atoms with E-state index in [2.05, 4.69) is 30.7 Å². The Kier molecular flexibility index (Phi) is 6.90. The van der Waals surface area contributed by atoms with Crippen molar-refractivity contribution in [3.8, 4) is 0 Å². The van der Waals surface area contributed by atoms with Crippen molar-refractivity contribution in [2.75, 3.05) is 14.1 Å². The lowest BCUT2D eigenvalue weighted by atomic mass is 9.73. The van der Waals surface area contributed by atoms with Gasteiger partial charge in [-0.05, 0) is 37.2 Å². The maximum Gasteiger partial charge on any atom is 0.332 e. The van der Waals surface area contributed by atoms with Crippen molar-refractivity contribution in [1.29, 1.82) is 0 Å². The Bertz CT molecular complexity index is 575. The van der Waals surface area contributed by atoms with Gasteiger partial charge < -0.3 is 9.55 Å². The van der Waals surface area contributed by atoms with Gasteiger partial charge in [0.05, 0.1) is 11.9 Å². The van der Waals surface area contributed by atoms with Crippen LogP contribution in [-0.4, -0.2) is 43.4 Å². The fourth-order valence-electron chi connectivity index (χ4n) is 1.80. The van der Waals surface area contributed by atoms with Crippen molar-refractivity contribution in [2.45, 2.75) is 53.1 Å². The van der Waals surface area contributed by atoms with Gasteiger partial charge >= 0.3 is 7.48 Å². The van der Waals surface area contributed by atoms with Gasteiger partial charge in [-0.15, -0.1) is 0 Å². The van der Waals surface area contributed by atoms with Crippen LogP contribution in [0.4, 0.5) is 14.6 Å². The Morgan fingerprint density at radius 1 is 1.33 bits per heavy atom. The van der Waals surface area contributed by atoms with Crippen LogP contribution in [0.5, 0.6) is 0 Å². The lowest BCUT2D eigenvalue weighted by Gasteiger charge is -2.41. The molecule has 0 amide bonds. The minimum atomic E-state index is -2.63. The molecule has 0 saturated heterocycles. The molecule has 0 bridgehead atoms. The van der Waals surface area contributed by atoms with Crippen LogP contribution in [0.2, 0.25) is 0 Å². The first-order valence-corrected chi connectivity index (χ1v) is 8.00. The largest absolute Gasteiger partial charge is 0.429 e. The Morgan fingerprint density at radius 2 is 1.96 bits per heavy atom. The van der Waals surface area contributed by atoms with E-state index < -0.39 is 12.0 Å². The summed E-state index contributed by atoms with van der Waals surface area (Å²) < 4.78 is 32.6. The van der Waals surface area contributed by atoms with E-state index in [9.17, 15) is 8.78 Å². The zero-order valence-electron chi connectivity index (χ0n) is 15.6. The minimum Gasteiger partial charge on any atom is -0.429 e. The number of halogens is 2. The average molecular weight is 338 g/mol. The van der Waals surface area contributed by atoms with Gasteiger partial charge in [-0.1, -0.05) is 20.8 Å². The molecule has 133 valence electrons. The summed E-state index contributed by atoms with van der Waals surface area (Å²) in [5.41, 5.74) is -0.462. The number of alkyl halides is 2. The van der Waals surface area contributed by atoms with E-state index in [-0.39, 0.29) is 22.3 Å². The van der Waals surface area contributed by atoms with Crippen LogP contribution in [0.25, 0.3) is 0 Å². The molecule has 0 aliphatic rings. The Labute approximate surface area is 144 Å². The first kappa shape index (κ1) is 20.5. The summed E-state index contributed by atoms with van der Waals surface area (Å²) in [5.74, 6) is 0.240. The van der Waals surface area contributed by atoms with Gasteiger partial charge in [0.15, 0.2) is 5.82 Å². The second kappa shape index (κ2) is 8.05. The van der Waals surface area contributed by atoms with E-state index in [0.717, 1.165) is 6.42 Å². The van der Waals surface area contributed by atoms with E-state index in [4.69, 9.17) is 4.65 Å². The first-order chi connectivity index (χ1) is 11.0. The molecule has 7 heteroatoms. The first-order valence-electron chi connectivity index (χ1n) is 8.00. The fourth-order valence-corrected chi connectivity index (χ4v) is 1.80. The van der Waals surface area contributed by atoms with Crippen molar-refractivity contribution in [3.05, 3.63) is 17.8 Å². The summed E-state index contributed by atoms with van der Waals surface area (Å²) >= 11 is 0. The second-order valence-electron chi connectivity index (χ2n) is 7.16. The highest BCUT2D eigenvalue weighted by atomic mass is 19.3. The van der Waals surface area contributed by atoms with Crippen molar-refractivity contribution < 1.29 is 13.4 Å². The van der Waals surface area contributed by atoms with Crippen LogP contribution >= 0.6 is 0 Å². The van der Waals surface area contributed by atoms with Crippen LogP contribution in [0.3, 0.4) is 0 Å². The van der Waals surface area contributed by atoms with Crippen molar-refractivity contribution in [1.82, 2.24) is 9.88 Å². The molecule has 0 atom stereocenters. The molecule has 24 heavy (non-hydrogen) atoms. The molecule has 0 spiro atoms. The standard InChI is InChI=1S/C17H27BF2N3O/c1-8-16(2,3)17(4,5)24-18-13-10-21-14(22-11-23(6)7)9-12(13)15(19)20/h9-11,15H,8H2,1-7H3. The average Bonchev–Trinajstić information content (AvgIpc) is 2.50. The van der Waals surface area contributed by atoms with E-state index in [0.29, 0.717) is 0 Å². The quantitative estimate of drug-likeness (QED) is 0.412. The minimum absolute atomic E-state index is 0.0993. The second-order valence-corrected chi connectivity index (χ2v) is 7.16. The highest BCUT2D eigenvalue weighted by Crippen LogP contribution is 2.36. The normalized spacial score (nSPS) is 12.9. The summed E-state index contributed by atoms with van der Waals surface area (Å²) in [6.07, 6.45) is 1.17. The number of nitrogens with zero attached hydrogens (tertiary/aromatic N) is 3. The number of hydrogen-bond acceptors (Lipinski definition) is 3. The Morgan fingerprint density at radius 3 is 2.46 bits per heavy atom. The molecule has 0 fully saturated rings. The number of hydrogen-bond donors (Lipinski definition) is 0. The highest BCUT2D eigenvalue weighted by Gasteiger charge is 2.36.